The molecule has 5 heteroatoms. The normalized spacial score (nSPS) is 10.8. The number of H-pyrrole nitrogens is 1. The van der Waals surface area contributed by atoms with Crippen molar-refractivity contribution in [1.29, 1.82) is 0 Å². The monoisotopic (exact) mass is 313 g/mol. The Hall–Kier alpha value is -2.14. The van der Waals surface area contributed by atoms with Gasteiger partial charge in [0, 0.05) is 11.3 Å². The summed E-state index contributed by atoms with van der Waals surface area (Å²) in [4.78, 5) is 4.45. The van der Waals surface area contributed by atoms with Crippen LogP contribution in [-0.4, -0.2) is 15.2 Å². The van der Waals surface area contributed by atoms with E-state index in [4.69, 9.17) is 0 Å². The molecule has 112 valence electrons. The minimum Gasteiger partial charge on any atom is -0.258 e. The summed E-state index contributed by atoms with van der Waals surface area (Å²) >= 11 is 1.42. The summed E-state index contributed by atoms with van der Waals surface area (Å²) in [6.07, 6.45) is 1.01. The van der Waals surface area contributed by atoms with Gasteiger partial charge in [-0.05, 0) is 23.6 Å². The van der Waals surface area contributed by atoms with Gasteiger partial charge in [-0.15, -0.1) is 5.10 Å². The lowest BCUT2D eigenvalue weighted by molar-refractivity contribution is 0.617. The average molecular weight is 313 g/mol. The summed E-state index contributed by atoms with van der Waals surface area (Å²) in [6.45, 7) is 2.13. The zero-order valence-electron chi connectivity index (χ0n) is 12.2. The van der Waals surface area contributed by atoms with Gasteiger partial charge in [0.2, 0.25) is 5.16 Å². The quantitative estimate of drug-likeness (QED) is 0.707. The molecule has 0 amide bonds. The van der Waals surface area contributed by atoms with Crippen LogP contribution in [0.3, 0.4) is 0 Å². The Morgan fingerprint density at radius 2 is 1.86 bits per heavy atom. The van der Waals surface area contributed by atoms with Crippen molar-refractivity contribution in [3.8, 4) is 11.4 Å². The van der Waals surface area contributed by atoms with Crippen molar-refractivity contribution in [2.75, 3.05) is 0 Å². The first-order valence-electron chi connectivity index (χ1n) is 7.14. The summed E-state index contributed by atoms with van der Waals surface area (Å²) in [6, 6.07) is 15.0. The Morgan fingerprint density at radius 1 is 1.09 bits per heavy atom. The van der Waals surface area contributed by atoms with Gasteiger partial charge in [-0.3, -0.25) is 5.10 Å². The van der Waals surface area contributed by atoms with Gasteiger partial charge >= 0.3 is 0 Å². The van der Waals surface area contributed by atoms with E-state index in [-0.39, 0.29) is 5.82 Å². The van der Waals surface area contributed by atoms with E-state index in [0.29, 0.717) is 16.5 Å². The fraction of sp³-hybridized carbons (Fsp3) is 0.176. The maximum absolute atomic E-state index is 13.6. The van der Waals surface area contributed by atoms with Gasteiger partial charge in [0.05, 0.1) is 0 Å². The molecule has 3 nitrogen and oxygen atoms in total. The topological polar surface area (TPSA) is 41.6 Å². The van der Waals surface area contributed by atoms with Crippen LogP contribution in [0.5, 0.6) is 0 Å². The predicted molar refractivity (Wildman–Crippen MR) is 87.2 cm³/mol. The van der Waals surface area contributed by atoms with Crippen molar-refractivity contribution in [2.45, 2.75) is 24.3 Å². The fourth-order valence-corrected chi connectivity index (χ4v) is 2.88. The third-order valence-electron chi connectivity index (χ3n) is 3.42. The number of hydrogen-bond acceptors (Lipinski definition) is 3. The van der Waals surface area contributed by atoms with E-state index in [9.17, 15) is 4.39 Å². The number of aromatic nitrogens is 3. The summed E-state index contributed by atoms with van der Waals surface area (Å²) in [5.74, 6) is 1.05. The summed E-state index contributed by atoms with van der Waals surface area (Å²) in [5, 5.41) is 7.74. The van der Waals surface area contributed by atoms with Gasteiger partial charge in [0.25, 0.3) is 0 Å². The number of aromatic amines is 1. The molecule has 0 unspecified atom stereocenters. The van der Waals surface area contributed by atoms with Crippen LogP contribution in [0, 0.1) is 5.82 Å². The lowest BCUT2D eigenvalue weighted by Gasteiger charge is -2.00. The highest BCUT2D eigenvalue weighted by Crippen LogP contribution is 2.23. The molecule has 0 aliphatic rings. The molecule has 0 aliphatic heterocycles. The van der Waals surface area contributed by atoms with Crippen molar-refractivity contribution in [1.82, 2.24) is 15.2 Å². The van der Waals surface area contributed by atoms with Crippen LogP contribution in [0.25, 0.3) is 11.4 Å². The molecule has 2 aromatic carbocycles. The summed E-state index contributed by atoms with van der Waals surface area (Å²) in [7, 11) is 0. The first kappa shape index (κ1) is 14.8. The highest BCUT2D eigenvalue weighted by Gasteiger charge is 2.08. The largest absolute Gasteiger partial charge is 0.258 e. The van der Waals surface area contributed by atoms with E-state index >= 15 is 0 Å². The first-order chi connectivity index (χ1) is 10.8. The molecule has 0 radical (unpaired) electrons. The third kappa shape index (κ3) is 3.36. The number of hydrogen-bond donors (Lipinski definition) is 1. The Morgan fingerprint density at radius 3 is 2.59 bits per heavy atom. The van der Waals surface area contributed by atoms with Crippen LogP contribution in [0.2, 0.25) is 0 Å². The molecule has 0 aliphatic carbocycles. The minimum absolute atomic E-state index is 0.194. The highest BCUT2D eigenvalue weighted by molar-refractivity contribution is 7.98. The number of halogens is 1. The molecule has 22 heavy (non-hydrogen) atoms. The minimum atomic E-state index is -0.194. The molecule has 3 rings (SSSR count). The standard InChI is InChI=1S/C17H16FN3S/c1-2-12-7-9-13(10-8-12)16-19-17(21-20-16)22-11-14-5-3-4-6-15(14)18/h3-10H,2,11H2,1H3,(H,19,20,21). The third-order valence-corrected chi connectivity index (χ3v) is 4.31. The average Bonchev–Trinajstić information content (AvgIpc) is 3.03. The molecule has 1 heterocycles. The SMILES string of the molecule is CCc1ccc(-c2nc(SCc3ccccc3F)n[nH]2)cc1. The Balaban J connectivity index is 1.69. The number of aryl methyl sites for hydroxylation is 1. The van der Waals surface area contributed by atoms with E-state index in [1.807, 2.05) is 18.2 Å². The fourth-order valence-electron chi connectivity index (χ4n) is 2.10. The maximum Gasteiger partial charge on any atom is 0.209 e. The van der Waals surface area contributed by atoms with Gasteiger partial charge in [-0.25, -0.2) is 9.37 Å². The molecule has 0 fully saturated rings. The van der Waals surface area contributed by atoms with E-state index in [1.54, 1.807) is 12.1 Å². The Kier molecular flexibility index (Phi) is 4.53. The van der Waals surface area contributed by atoms with Crippen LogP contribution in [0.15, 0.2) is 53.7 Å². The van der Waals surface area contributed by atoms with Crippen LogP contribution in [-0.2, 0) is 12.2 Å². The van der Waals surface area contributed by atoms with Crippen LogP contribution < -0.4 is 0 Å². The smallest absolute Gasteiger partial charge is 0.209 e. The van der Waals surface area contributed by atoms with Crippen molar-refractivity contribution in [3.63, 3.8) is 0 Å². The van der Waals surface area contributed by atoms with E-state index in [2.05, 4.69) is 34.2 Å². The summed E-state index contributed by atoms with van der Waals surface area (Å²) in [5.41, 5.74) is 2.95. The van der Waals surface area contributed by atoms with Gasteiger partial charge in [0.15, 0.2) is 5.82 Å². The Bertz CT molecular complexity index is 753. The van der Waals surface area contributed by atoms with Gasteiger partial charge in [-0.1, -0.05) is 61.2 Å². The predicted octanol–water partition coefficient (Wildman–Crippen LogP) is 4.47. The number of nitrogens with one attached hydrogen (secondary N) is 1. The van der Waals surface area contributed by atoms with Crippen LogP contribution in [0.4, 0.5) is 4.39 Å². The highest BCUT2D eigenvalue weighted by atomic mass is 32.2. The molecule has 0 atom stereocenters. The number of nitrogens with zero attached hydrogens (tertiary/aromatic N) is 2. The molecular formula is C17H16FN3S. The van der Waals surface area contributed by atoms with Gasteiger partial charge in [0.1, 0.15) is 5.82 Å². The molecule has 1 aromatic heterocycles. The van der Waals surface area contributed by atoms with Gasteiger partial charge < -0.3 is 0 Å². The number of thioether (sulfide) groups is 1. The van der Waals surface area contributed by atoms with E-state index in [0.717, 1.165) is 17.8 Å². The second-order valence-electron chi connectivity index (χ2n) is 4.90. The Labute approximate surface area is 133 Å². The zero-order chi connectivity index (χ0) is 15.4. The van der Waals surface area contributed by atoms with Crippen molar-refractivity contribution in [3.05, 3.63) is 65.5 Å². The van der Waals surface area contributed by atoms with Crippen LogP contribution in [0.1, 0.15) is 18.1 Å². The lowest BCUT2D eigenvalue weighted by atomic mass is 10.1. The van der Waals surface area contributed by atoms with Crippen molar-refractivity contribution < 1.29 is 4.39 Å². The molecular weight excluding hydrogens is 297 g/mol. The second-order valence-corrected chi connectivity index (χ2v) is 5.84. The van der Waals surface area contributed by atoms with Crippen molar-refractivity contribution in [2.24, 2.45) is 0 Å². The number of rotatable bonds is 5. The molecule has 0 saturated heterocycles. The molecule has 1 N–H and O–H groups in total. The molecule has 0 spiro atoms. The lowest BCUT2D eigenvalue weighted by Crippen LogP contribution is -1.87. The van der Waals surface area contributed by atoms with E-state index in [1.165, 1.54) is 23.4 Å². The van der Waals surface area contributed by atoms with Crippen molar-refractivity contribution >= 4 is 11.8 Å². The zero-order valence-corrected chi connectivity index (χ0v) is 13.0. The summed E-state index contributed by atoms with van der Waals surface area (Å²) < 4.78 is 13.6. The first-order valence-corrected chi connectivity index (χ1v) is 8.12. The maximum atomic E-state index is 13.6. The van der Waals surface area contributed by atoms with Gasteiger partial charge in [-0.2, -0.15) is 0 Å². The second kappa shape index (κ2) is 6.75. The molecule has 0 bridgehead atoms. The van der Waals surface area contributed by atoms with Crippen LogP contribution >= 0.6 is 11.8 Å². The molecule has 0 saturated carbocycles. The van der Waals surface area contributed by atoms with E-state index < -0.39 is 0 Å². The molecule has 3 aromatic rings. The number of benzene rings is 2.